The van der Waals surface area contributed by atoms with Crippen LogP contribution in [0.4, 0.5) is 0 Å². The van der Waals surface area contributed by atoms with E-state index in [0.29, 0.717) is 5.67 Å². The largest absolute Gasteiger partial charge is 0.394 e. The van der Waals surface area contributed by atoms with E-state index in [2.05, 4.69) is 33.0 Å². The number of hydrogen-bond donors (Lipinski definition) is 1. The van der Waals surface area contributed by atoms with E-state index < -0.39 is 8.56 Å². The highest BCUT2D eigenvalue weighted by Gasteiger charge is 2.42. The van der Waals surface area contributed by atoms with E-state index in [4.69, 9.17) is 8.85 Å². The van der Waals surface area contributed by atoms with Gasteiger partial charge in [0, 0.05) is 13.2 Å². The van der Waals surface area contributed by atoms with E-state index in [1.807, 2.05) is 7.05 Å². The van der Waals surface area contributed by atoms with Gasteiger partial charge in [0.05, 0.1) is 5.67 Å². The summed E-state index contributed by atoms with van der Waals surface area (Å²) in [6.45, 7) is 9.99. The molecular formula is C11H27NO2Si. The Hall–Kier alpha value is 0.0969. The maximum absolute atomic E-state index is 5.98. The molecule has 0 aromatic heterocycles. The quantitative estimate of drug-likeness (QED) is 0.621. The lowest BCUT2D eigenvalue weighted by Crippen LogP contribution is -2.58. The molecule has 92 valence electrons. The van der Waals surface area contributed by atoms with E-state index >= 15 is 0 Å². The number of nitrogens with one attached hydrogen (secondary N) is 1. The third kappa shape index (κ3) is 4.22. The molecular weight excluding hydrogens is 206 g/mol. The van der Waals surface area contributed by atoms with Crippen LogP contribution in [0.5, 0.6) is 0 Å². The van der Waals surface area contributed by atoms with Crippen molar-refractivity contribution in [3.8, 4) is 0 Å². The Labute approximate surface area is 95.8 Å². The molecule has 1 atom stereocenters. The zero-order valence-corrected chi connectivity index (χ0v) is 11.9. The molecule has 0 fully saturated rings. The highest BCUT2D eigenvalue weighted by atomic mass is 28.4. The highest BCUT2D eigenvalue weighted by molar-refractivity contribution is 6.69. The zero-order chi connectivity index (χ0) is 11.7. The Morgan fingerprint density at radius 1 is 1.07 bits per heavy atom. The summed E-state index contributed by atoms with van der Waals surface area (Å²) in [5, 5.41) is 3.38. The van der Waals surface area contributed by atoms with Gasteiger partial charge in [-0.15, -0.1) is 0 Å². The summed E-state index contributed by atoms with van der Waals surface area (Å²) in [4.78, 5) is 0. The van der Waals surface area contributed by atoms with Crippen molar-refractivity contribution < 1.29 is 8.85 Å². The van der Waals surface area contributed by atoms with Gasteiger partial charge >= 0.3 is 8.56 Å². The molecule has 0 bridgehead atoms. The molecule has 1 N–H and O–H groups in total. The van der Waals surface area contributed by atoms with Crippen molar-refractivity contribution in [1.82, 2.24) is 5.32 Å². The van der Waals surface area contributed by atoms with Crippen LogP contribution in [0, 0.1) is 0 Å². The summed E-state index contributed by atoms with van der Waals surface area (Å²) in [5.41, 5.74) is 0.410. The van der Waals surface area contributed by atoms with Crippen LogP contribution in [0.2, 0.25) is 6.04 Å². The number of hydrogen-bond acceptors (Lipinski definition) is 3. The van der Waals surface area contributed by atoms with E-state index in [-0.39, 0.29) is 0 Å². The lowest BCUT2D eigenvalue weighted by molar-refractivity contribution is 0.168. The second-order valence-corrected chi connectivity index (χ2v) is 7.27. The van der Waals surface area contributed by atoms with Crippen LogP contribution >= 0.6 is 0 Å². The van der Waals surface area contributed by atoms with Gasteiger partial charge in [-0.3, -0.25) is 0 Å². The summed E-state index contributed by atoms with van der Waals surface area (Å²) in [7, 11) is -0.0213. The molecule has 0 radical (unpaired) electrons. The molecule has 0 rings (SSSR count). The van der Waals surface area contributed by atoms with Crippen LogP contribution < -0.4 is 5.32 Å². The molecule has 0 aromatic carbocycles. The van der Waals surface area contributed by atoms with Gasteiger partial charge in [0.25, 0.3) is 0 Å². The summed E-state index contributed by atoms with van der Waals surface area (Å²) in [6.07, 6.45) is 2.30. The average molecular weight is 233 g/mol. The zero-order valence-electron chi connectivity index (χ0n) is 10.9. The molecule has 15 heavy (non-hydrogen) atoms. The van der Waals surface area contributed by atoms with Crippen molar-refractivity contribution in [2.45, 2.75) is 52.2 Å². The fourth-order valence-electron chi connectivity index (χ4n) is 2.05. The summed E-state index contributed by atoms with van der Waals surface area (Å²) < 4.78 is 12.0. The first kappa shape index (κ1) is 15.1. The Balaban J connectivity index is 4.65. The fraction of sp³-hybridized carbons (Fsp3) is 1.00. The molecule has 0 amide bonds. The Kier molecular flexibility index (Phi) is 8.33. The molecule has 0 aliphatic heterocycles. The minimum atomic E-state index is -2.03. The fourth-order valence-corrected chi connectivity index (χ4v) is 5.59. The minimum absolute atomic E-state index is 0.410. The van der Waals surface area contributed by atoms with E-state index in [1.165, 1.54) is 6.42 Å². The van der Waals surface area contributed by atoms with Gasteiger partial charge in [-0.05, 0) is 33.4 Å². The molecule has 0 aliphatic rings. The Morgan fingerprint density at radius 2 is 1.60 bits per heavy atom. The van der Waals surface area contributed by atoms with Crippen LogP contribution in [0.25, 0.3) is 0 Å². The van der Waals surface area contributed by atoms with Crippen molar-refractivity contribution in [3.05, 3.63) is 0 Å². The maximum Gasteiger partial charge on any atom is 0.355 e. The van der Waals surface area contributed by atoms with Crippen LogP contribution in [0.3, 0.4) is 0 Å². The second kappa shape index (κ2) is 8.27. The summed E-state index contributed by atoms with van der Waals surface area (Å²) >= 11 is 0. The number of rotatable bonds is 9. The molecule has 4 heteroatoms. The molecule has 0 spiro atoms. The monoisotopic (exact) mass is 233 g/mol. The predicted molar refractivity (Wildman–Crippen MR) is 67.2 cm³/mol. The van der Waals surface area contributed by atoms with Gasteiger partial charge in [0.1, 0.15) is 0 Å². The molecule has 3 nitrogen and oxygen atoms in total. The lowest BCUT2D eigenvalue weighted by atomic mass is 10.3. The first-order chi connectivity index (χ1) is 7.20. The van der Waals surface area contributed by atoms with Crippen molar-refractivity contribution in [3.63, 3.8) is 0 Å². The SMILES string of the molecule is CCCC(NC)[Si](CC)(OCC)OCC. The van der Waals surface area contributed by atoms with Crippen LogP contribution in [0.1, 0.15) is 40.5 Å². The maximum atomic E-state index is 5.98. The first-order valence-corrected chi connectivity index (χ1v) is 8.25. The minimum Gasteiger partial charge on any atom is -0.394 e. The molecule has 0 aliphatic carbocycles. The third-order valence-electron chi connectivity index (χ3n) is 2.73. The van der Waals surface area contributed by atoms with Crippen LogP contribution in [-0.4, -0.2) is 34.5 Å². The average Bonchev–Trinajstić information content (AvgIpc) is 2.25. The summed E-state index contributed by atoms with van der Waals surface area (Å²) in [5.74, 6) is 0. The van der Waals surface area contributed by atoms with Crippen molar-refractivity contribution in [1.29, 1.82) is 0 Å². The van der Waals surface area contributed by atoms with Gasteiger partial charge in [-0.25, -0.2) is 0 Å². The standard InChI is InChI=1S/C11H27NO2Si/c1-6-10-11(12-5)15(9-4,13-7-2)14-8-3/h11-12H,6-10H2,1-5H3. The van der Waals surface area contributed by atoms with Gasteiger partial charge < -0.3 is 14.2 Å². The van der Waals surface area contributed by atoms with Gasteiger partial charge in [0.15, 0.2) is 0 Å². The molecule has 0 heterocycles. The smallest absolute Gasteiger partial charge is 0.355 e. The van der Waals surface area contributed by atoms with Gasteiger partial charge in [0.2, 0.25) is 0 Å². The Morgan fingerprint density at radius 3 is 1.87 bits per heavy atom. The predicted octanol–water partition coefficient (Wildman–Crippen LogP) is 2.45. The molecule has 1 unspecified atom stereocenters. The molecule has 0 saturated carbocycles. The summed E-state index contributed by atoms with van der Waals surface area (Å²) in [6, 6.07) is 1.01. The van der Waals surface area contributed by atoms with Crippen molar-refractivity contribution in [2.75, 3.05) is 20.3 Å². The Bertz CT molecular complexity index is 150. The van der Waals surface area contributed by atoms with Crippen molar-refractivity contribution >= 4 is 8.56 Å². The lowest BCUT2D eigenvalue weighted by Gasteiger charge is -2.36. The van der Waals surface area contributed by atoms with E-state index in [0.717, 1.165) is 25.7 Å². The van der Waals surface area contributed by atoms with Gasteiger partial charge in [-0.2, -0.15) is 0 Å². The molecule has 0 saturated heterocycles. The normalized spacial score (nSPS) is 14.2. The van der Waals surface area contributed by atoms with Crippen LogP contribution in [0.15, 0.2) is 0 Å². The van der Waals surface area contributed by atoms with Gasteiger partial charge in [-0.1, -0.05) is 20.3 Å². The van der Waals surface area contributed by atoms with E-state index in [9.17, 15) is 0 Å². The van der Waals surface area contributed by atoms with Crippen molar-refractivity contribution in [2.24, 2.45) is 0 Å². The topological polar surface area (TPSA) is 30.5 Å². The third-order valence-corrected chi connectivity index (χ3v) is 6.91. The molecule has 0 aromatic rings. The highest BCUT2D eigenvalue weighted by Crippen LogP contribution is 2.21. The second-order valence-electron chi connectivity index (χ2n) is 3.66. The van der Waals surface area contributed by atoms with Crippen LogP contribution in [-0.2, 0) is 8.85 Å². The van der Waals surface area contributed by atoms with E-state index in [1.54, 1.807) is 0 Å². The first-order valence-electron chi connectivity index (χ1n) is 6.15.